The molecule has 186 valence electrons. The minimum absolute atomic E-state index is 0.0503. The maximum absolute atomic E-state index is 13.6. The van der Waals surface area contributed by atoms with Gasteiger partial charge in [-0.15, -0.1) is 11.3 Å². The number of hydrogen-bond acceptors (Lipinski definition) is 3. The van der Waals surface area contributed by atoms with Crippen molar-refractivity contribution in [2.24, 2.45) is 0 Å². The number of aryl methyl sites for hydroxylation is 2. The molecule has 7 heteroatoms. The van der Waals surface area contributed by atoms with Crippen molar-refractivity contribution in [3.05, 3.63) is 95.0 Å². The van der Waals surface area contributed by atoms with Crippen LogP contribution in [0.5, 0.6) is 0 Å². The van der Waals surface area contributed by atoms with E-state index in [9.17, 15) is 9.59 Å². The number of urea groups is 1. The minimum atomic E-state index is -0.0803. The first kappa shape index (κ1) is 24.1. The fourth-order valence-corrected chi connectivity index (χ4v) is 5.86. The number of aromatic nitrogens is 1. The van der Waals surface area contributed by atoms with Crippen molar-refractivity contribution in [2.45, 2.75) is 38.9 Å². The standard InChI is InChI=1S/C29H32N4O2S/c1-22-21-31(16-17-32(22)29(35)30-20-24-11-6-3-7-12-24)27(34)26-19-25-14-18-36-28(25)33(26)15-8-13-23-9-4-2-5-10-23/h2-7,9-12,14,18-19,22H,8,13,15-17,20-21H2,1H3,(H,30,35). The molecule has 6 nitrogen and oxygen atoms in total. The van der Waals surface area contributed by atoms with Crippen molar-refractivity contribution in [3.8, 4) is 0 Å². The summed E-state index contributed by atoms with van der Waals surface area (Å²) >= 11 is 1.68. The second-order valence-electron chi connectivity index (χ2n) is 9.39. The van der Waals surface area contributed by atoms with Crippen LogP contribution in [0.15, 0.2) is 78.2 Å². The fourth-order valence-electron chi connectivity index (χ4n) is 4.94. The van der Waals surface area contributed by atoms with Gasteiger partial charge in [-0.3, -0.25) is 4.79 Å². The Bertz CT molecular complexity index is 1320. The van der Waals surface area contributed by atoms with Gasteiger partial charge in [-0.1, -0.05) is 60.7 Å². The van der Waals surface area contributed by atoms with Crippen molar-refractivity contribution in [2.75, 3.05) is 19.6 Å². The predicted molar refractivity (Wildman–Crippen MR) is 145 cm³/mol. The molecule has 2 aromatic carbocycles. The van der Waals surface area contributed by atoms with Crippen LogP contribution in [0.1, 0.15) is 35.0 Å². The number of nitrogens with zero attached hydrogens (tertiary/aromatic N) is 3. The molecule has 5 rings (SSSR count). The van der Waals surface area contributed by atoms with Crippen LogP contribution in [0.4, 0.5) is 4.79 Å². The Balaban J connectivity index is 1.22. The molecule has 0 spiro atoms. The lowest BCUT2D eigenvalue weighted by atomic mass is 10.1. The highest BCUT2D eigenvalue weighted by Crippen LogP contribution is 2.27. The normalized spacial score (nSPS) is 15.9. The van der Waals surface area contributed by atoms with Crippen molar-refractivity contribution in [3.63, 3.8) is 0 Å². The molecule has 1 N–H and O–H groups in total. The first-order valence-electron chi connectivity index (χ1n) is 12.6. The summed E-state index contributed by atoms with van der Waals surface area (Å²) in [7, 11) is 0. The monoisotopic (exact) mass is 500 g/mol. The van der Waals surface area contributed by atoms with Gasteiger partial charge in [-0.25, -0.2) is 4.79 Å². The topological polar surface area (TPSA) is 57.6 Å². The molecule has 0 saturated carbocycles. The van der Waals surface area contributed by atoms with Crippen molar-refractivity contribution in [1.29, 1.82) is 0 Å². The summed E-state index contributed by atoms with van der Waals surface area (Å²) in [6.45, 7) is 4.90. The molecule has 0 radical (unpaired) electrons. The van der Waals surface area contributed by atoms with E-state index in [4.69, 9.17) is 0 Å². The quantitative estimate of drug-likeness (QED) is 0.370. The second-order valence-corrected chi connectivity index (χ2v) is 10.3. The van der Waals surface area contributed by atoms with Gasteiger partial charge in [0.25, 0.3) is 5.91 Å². The number of piperazine rings is 1. The molecule has 0 aliphatic carbocycles. The third-order valence-corrected chi connectivity index (χ3v) is 7.83. The summed E-state index contributed by atoms with van der Waals surface area (Å²) in [6, 6.07) is 24.4. The van der Waals surface area contributed by atoms with Crippen molar-refractivity contribution < 1.29 is 9.59 Å². The Labute approximate surface area is 216 Å². The number of thiophene rings is 1. The van der Waals surface area contributed by atoms with Gasteiger partial charge in [0.1, 0.15) is 10.5 Å². The molecule has 0 bridgehead atoms. The molecule has 2 aromatic heterocycles. The molecule has 4 aromatic rings. The van der Waals surface area contributed by atoms with E-state index >= 15 is 0 Å². The van der Waals surface area contributed by atoms with E-state index in [1.807, 2.05) is 59.2 Å². The lowest BCUT2D eigenvalue weighted by Gasteiger charge is -2.39. The second kappa shape index (κ2) is 11.0. The number of hydrogen-bond donors (Lipinski definition) is 1. The highest BCUT2D eigenvalue weighted by Gasteiger charge is 2.31. The first-order chi connectivity index (χ1) is 17.6. The zero-order chi connectivity index (χ0) is 24.9. The Hall–Kier alpha value is -3.58. The van der Waals surface area contributed by atoms with E-state index in [-0.39, 0.29) is 18.0 Å². The number of fused-ring (bicyclic) bond motifs is 1. The van der Waals surface area contributed by atoms with Crippen LogP contribution in [0.25, 0.3) is 10.2 Å². The van der Waals surface area contributed by atoms with Crippen LogP contribution in [0.2, 0.25) is 0 Å². The highest BCUT2D eigenvalue weighted by molar-refractivity contribution is 7.16. The average molecular weight is 501 g/mol. The molecule has 1 fully saturated rings. The number of carbonyl (C=O) groups is 2. The van der Waals surface area contributed by atoms with Gasteiger partial charge in [0, 0.05) is 44.2 Å². The summed E-state index contributed by atoms with van der Waals surface area (Å²) < 4.78 is 2.19. The molecule has 3 amide bonds. The van der Waals surface area contributed by atoms with Crippen LogP contribution in [-0.2, 0) is 19.5 Å². The molecule has 1 atom stereocenters. The number of rotatable bonds is 7. The third kappa shape index (κ3) is 5.31. The van der Waals surface area contributed by atoms with Crippen LogP contribution in [0.3, 0.4) is 0 Å². The third-order valence-electron chi connectivity index (χ3n) is 6.87. The molecular formula is C29H32N4O2S. The van der Waals surface area contributed by atoms with Crippen LogP contribution < -0.4 is 5.32 Å². The van der Waals surface area contributed by atoms with Gasteiger partial charge in [0.05, 0.1) is 0 Å². The minimum Gasteiger partial charge on any atom is -0.334 e. The van der Waals surface area contributed by atoms with Crippen LogP contribution in [0, 0.1) is 0 Å². The van der Waals surface area contributed by atoms with E-state index < -0.39 is 0 Å². The molecule has 3 heterocycles. The largest absolute Gasteiger partial charge is 0.334 e. The zero-order valence-corrected chi connectivity index (χ0v) is 21.4. The molecular weight excluding hydrogens is 468 g/mol. The summed E-state index contributed by atoms with van der Waals surface area (Å²) in [5.74, 6) is 0.0503. The molecule has 1 unspecified atom stereocenters. The van der Waals surface area contributed by atoms with E-state index in [2.05, 4.69) is 45.6 Å². The van der Waals surface area contributed by atoms with Gasteiger partial charge in [-0.2, -0.15) is 0 Å². The van der Waals surface area contributed by atoms with Gasteiger partial charge in [0.15, 0.2) is 0 Å². The lowest BCUT2D eigenvalue weighted by Crippen LogP contribution is -2.57. The predicted octanol–water partition coefficient (Wildman–Crippen LogP) is 5.39. The van der Waals surface area contributed by atoms with Crippen molar-refractivity contribution in [1.82, 2.24) is 19.7 Å². The zero-order valence-electron chi connectivity index (χ0n) is 20.6. The number of carbonyl (C=O) groups excluding carboxylic acids is 2. The molecule has 1 saturated heterocycles. The Morgan fingerprint density at radius 1 is 0.972 bits per heavy atom. The van der Waals surface area contributed by atoms with Gasteiger partial charge < -0.3 is 19.7 Å². The fraction of sp³-hybridized carbons (Fsp3) is 0.310. The summed E-state index contributed by atoms with van der Waals surface area (Å²) in [5.41, 5.74) is 3.13. The number of nitrogens with one attached hydrogen (secondary N) is 1. The van der Waals surface area contributed by atoms with E-state index in [0.29, 0.717) is 26.2 Å². The lowest BCUT2D eigenvalue weighted by molar-refractivity contribution is 0.0569. The number of amides is 3. The highest BCUT2D eigenvalue weighted by atomic mass is 32.1. The smallest absolute Gasteiger partial charge is 0.318 e. The van der Waals surface area contributed by atoms with E-state index in [1.54, 1.807) is 11.3 Å². The Morgan fingerprint density at radius 2 is 1.69 bits per heavy atom. The molecule has 1 aliphatic rings. The molecule has 36 heavy (non-hydrogen) atoms. The van der Waals surface area contributed by atoms with Gasteiger partial charge >= 0.3 is 6.03 Å². The average Bonchev–Trinajstić information content (AvgIpc) is 3.50. The van der Waals surface area contributed by atoms with Crippen LogP contribution >= 0.6 is 11.3 Å². The summed E-state index contributed by atoms with van der Waals surface area (Å²) in [6.07, 6.45) is 1.95. The Morgan fingerprint density at radius 3 is 2.42 bits per heavy atom. The van der Waals surface area contributed by atoms with Gasteiger partial charge in [0.2, 0.25) is 0 Å². The van der Waals surface area contributed by atoms with Crippen LogP contribution in [-0.4, -0.2) is 52.0 Å². The van der Waals surface area contributed by atoms with Crippen molar-refractivity contribution >= 4 is 33.5 Å². The molecule has 1 aliphatic heterocycles. The van der Waals surface area contributed by atoms with E-state index in [1.165, 1.54) is 5.56 Å². The Kier molecular flexibility index (Phi) is 7.37. The summed E-state index contributed by atoms with van der Waals surface area (Å²) in [4.78, 5) is 31.3. The maximum Gasteiger partial charge on any atom is 0.318 e. The number of benzene rings is 2. The first-order valence-corrected chi connectivity index (χ1v) is 13.5. The maximum atomic E-state index is 13.6. The van der Waals surface area contributed by atoms with Gasteiger partial charge in [-0.05, 0) is 48.4 Å². The summed E-state index contributed by atoms with van der Waals surface area (Å²) in [5, 5.41) is 6.22. The SMILES string of the molecule is CC1CN(C(=O)c2cc3ccsc3n2CCCc2ccccc2)CCN1C(=O)NCc1ccccc1. The van der Waals surface area contributed by atoms with E-state index in [0.717, 1.165) is 40.9 Å².